The minimum Gasteiger partial charge on any atom is -0.492 e. The molecule has 0 radical (unpaired) electrons. The lowest BCUT2D eigenvalue weighted by atomic mass is 10.1. The lowest BCUT2D eigenvalue weighted by Crippen LogP contribution is -2.44. The molecule has 0 saturated carbocycles. The SMILES string of the molecule is CC(C)c1ccc(C(=O)N2C[C@@H]3NC(=O)c4ccc(Cl)c(c4)OCCCn4cc(nn4)CO[C@H]3C2)c(=O)[nH]1. The maximum absolute atomic E-state index is 13.3. The zero-order chi connectivity index (χ0) is 26.8. The molecule has 2 atom stereocenters. The van der Waals surface area contributed by atoms with E-state index in [0.717, 1.165) is 5.69 Å². The van der Waals surface area contributed by atoms with E-state index in [2.05, 4.69) is 20.6 Å². The molecule has 4 bridgehead atoms. The molecule has 3 aromatic rings. The summed E-state index contributed by atoms with van der Waals surface area (Å²) in [6.45, 7) is 5.41. The van der Waals surface area contributed by atoms with Gasteiger partial charge in [0.05, 0.1) is 36.6 Å². The van der Waals surface area contributed by atoms with Crippen LogP contribution in [0.1, 0.15) is 58.3 Å². The molecule has 2 N–H and O–H groups in total. The fourth-order valence-corrected chi connectivity index (χ4v) is 4.71. The maximum atomic E-state index is 13.3. The van der Waals surface area contributed by atoms with Crippen molar-refractivity contribution >= 4 is 23.4 Å². The number of H-pyrrole nitrogens is 1. The second-order valence-corrected chi connectivity index (χ2v) is 10.2. The molecule has 2 aliphatic rings. The van der Waals surface area contributed by atoms with Gasteiger partial charge in [0.1, 0.15) is 17.0 Å². The Morgan fingerprint density at radius 1 is 1.18 bits per heavy atom. The summed E-state index contributed by atoms with van der Waals surface area (Å²) in [5.41, 5.74) is 1.35. The van der Waals surface area contributed by atoms with Crippen LogP contribution in [0, 0.1) is 0 Å². The number of hydrogen-bond acceptors (Lipinski definition) is 7. The average Bonchev–Trinajstić information content (AvgIpc) is 3.52. The number of aromatic amines is 1. The van der Waals surface area contributed by atoms with Crippen LogP contribution in [0.25, 0.3) is 0 Å². The summed E-state index contributed by atoms with van der Waals surface area (Å²) >= 11 is 6.28. The summed E-state index contributed by atoms with van der Waals surface area (Å²) < 4.78 is 13.6. The molecule has 2 aromatic heterocycles. The fourth-order valence-electron chi connectivity index (χ4n) is 4.53. The summed E-state index contributed by atoms with van der Waals surface area (Å²) in [6.07, 6.45) is 1.92. The highest BCUT2D eigenvalue weighted by atomic mass is 35.5. The van der Waals surface area contributed by atoms with E-state index in [0.29, 0.717) is 41.6 Å². The van der Waals surface area contributed by atoms with E-state index in [-0.39, 0.29) is 37.1 Å². The number of amides is 2. The number of ether oxygens (including phenoxy) is 2. The summed E-state index contributed by atoms with van der Waals surface area (Å²) in [5.74, 6) is -0.245. The van der Waals surface area contributed by atoms with Crippen LogP contribution in [0.3, 0.4) is 0 Å². The van der Waals surface area contributed by atoms with Gasteiger partial charge in [0, 0.05) is 37.3 Å². The highest BCUT2D eigenvalue weighted by Gasteiger charge is 2.38. The number of carbonyl (C=O) groups excluding carboxylic acids is 2. The van der Waals surface area contributed by atoms with E-state index in [1.165, 1.54) is 4.90 Å². The van der Waals surface area contributed by atoms with Gasteiger partial charge < -0.3 is 24.7 Å². The lowest BCUT2D eigenvalue weighted by Gasteiger charge is -2.20. The Labute approximate surface area is 224 Å². The van der Waals surface area contributed by atoms with Gasteiger partial charge in [-0.1, -0.05) is 30.7 Å². The predicted molar refractivity (Wildman–Crippen MR) is 138 cm³/mol. The van der Waals surface area contributed by atoms with Crippen molar-refractivity contribution in [1.82, 2.24) is 30.2 Å². The van der Waals surface area contributed by atoms with Crippen molar-refractivity contribution in [2.75, 3.05) is 19.7 Å². The monoisotopic (exact) mass is 540 g/mol. The largest absolute Gasteiger partial charge is 0.492 e. The highest BCUT2D eigenvalue weighted by Crippen LogP contribution is 2.26. The summed E-state index contributed by atoms with van der Waals surface area (Å²) in [7, 11) is 0. The molecule has 5 rings (SSSR count). The first-order valence-corrected chi connectivity index (χ1v) is 12.9. The molecule has 0 spiro atoms. The van der Waals surface area contributed by atoms with Gasteiger partial charge in [-0.2, -0.15) is 0 Å². The minimum atomic E-state index is -0.530. The number of nitrogens with zero attached hydrogens (tertiary/aromatic N) is 4. The molecule has 4 heterocycles. The quantitative estimate of drug-likeness (QED) is 0.510. The third kappa shape index (κ3) is 5.58. The molecule has 11 nitrogen and oxygen atoms in total. The van der Waals surface area contributed by atoms with E-state index >= 15 is 0 Å². The van der Waals surface area contributed by atoms with Crippen molar-refractivity contribution in [3.05, 3.63) is 74.4 Å². The number of halogens is 1. The van der Waals surface area contributed by atoms with Crippen molar-refractivity contribution in [1.29, 1.82) is 0 Å². The first kappa shape index (κ1) is 25.9. The number of hydrogen-bond donors (Lipinski definition) is 2. The number of pyridine rings is 1. The first-order chi connectivity index (χ1) is 18.3. The van der Waals surface area contributed by atoms with Gasteiger partial charge in [-0.25, -0.2) is 0 Å². The Kier molecular flexibility index (Phi) is 7.48. The fraction of sp³-hybridized carbons (Fsp3) is 0.423. The van der Waals surface area contributed by atoms with Crippen molar-refractivity contribution in [2.24, 2.45) is 0 Å². The molecule has 12 heteroatoms. The van der Waals surface area contributed by atoms with Crippen LogP contribution in [-0.2, 0) is 17.9 Å². The highest BCUT2D eigenvalue weighted by molar-refractivity contribution is 6.32. The van der Waals surface area contributed by atoms with E-state index in [4.69, 9.17) is 21.1 Å². The molecular weight excluding hydrogens is 512 g/mol. The van der Waals surface area contributed by atoms with Crippen LogP contribution >= 0.6 is 11.6 Å². The lowest BCUT2D eigenvalue weighted by molar-refractivity contribution is 0.0291. The van der Waals surface area contributed by atoms with E-state index < -0.39 is 23.6 Å². The van der Waals surface area contributed by atoms with Crippen LogP contribution in [0.2, 0.25) is 5.02 Å². The van der Waals surface area contributed by atoms with E-state index in [1.54, 1.807) is 41.2 Å². The van der Waals surface area contributed by atoms with Crippen LogP contribution < -0.4 is 15.6 Å². The number of likely N-dealkylation sites (tertiary alicyclic amines) is 1. The molecule has 2 amide bonds. The Morgan fingerprint density at radius 3 is 2.82 bits per heavy atom. The smallest absolute Gasteiger partial charge is 0.261 e. The maximum Gasteiger partial charge on any atom is 0.261 e. The average molecular weight is 541 g/mol. The molecule has 200 valence electrons. The van der Waals surface area contributed by atoms with Crippen molar-refractivity contribution in [3.8, 4) is 5.75 Å². The Bertz CT molecular complexity index is 1400. The van der Waals surface area contributed by atoms with Gasteiger partial charge in [-0.3, -0.25) is 19.1 Å². The number of benzene rings is 1. The van der Waals surface area contributed by atoms with E-state index in [1.807, 2.05) is 13.8 Å². The normalized spacial score (nSPS) is 20.1. The van der Waals surface area contributed by atoms with Gasteiger partial charge in [0.25, 0.3) is 17.4 Å². The number of rotatable bonds is 2. The zero-order valence-corrected chi connectivity index (χ0v) is 21.9. The van der Waals surface area contributed by atoms with Gasteiger partial charge >= 0.3 is 0 Å². The van der Waals surface area contributed by atoms with Gasteiger partial charge in [0.15, 0.2) is 0 Å². The first-order valence-electron chi connectivity index (χ1n) is 12.5. The summed E-state index contributed by atoms with van der Waals surface area (Å²) in [4.78, 5) is 43.5. The number of fused-ring (bicyclic) bond motifs is 5. The molecule has 1 fully saturated rings. The Morgan fingerprint density at radius 2 is 2.03 bits per heavy atom. The number of carbonyl (C=O) groups is 2. The zero-order valence-electron chi connectivity index (χ0n) is 21.1. The number of aromatic nitrogens is 4. The van der Waals surface area contributed by atoms with E-state index in [9.17, 15) is 14.4 Å². The predicted octanol–water partition coefficient (Wildman–Crippen LogP) is 2.37. The van der Waals surface area contributed by atoms with Crippen LogP contribution in [0.4, 0.5) is 0 Å². The van der Waals surface area contributed by atoms with Crippen molar-refractivity contribution in [3.63, 3.8) is 0 Å². The number of nitrogens with one attached hydrogen (secondary N) is 2. The molecule has 0 unspecified atom stereocenters. The Balaban J connectivity index is 1.40. The molecule has 1 saturated heterocycles. The third-order valence-electron chi connectivity index (χ3n) is 6.67. The van der Waals surface area contributed by atoms with Crippen molar-refractivity contribution in [2.45, 2.75) is 51.5 Å². The minimum absolute atomic E-state index is 0.0425. The van der Waals surface area contributed by atoms with Crippen LogP contribution in [-0.4, -0.2) is 68.5 Å². The molecule has 0 aliphatic carbocycles. The third-order valence-corrected chi connectivity index (χ3v) is 6.98. The van der Waals surface area contributed by atoms with Gasteiger partial charge in [-0.15, -0.1) is 5.10 Å². The molecular formula is C26H29ClN6O5. The second-order valence-electron chi connectivity index (χ2n) is 9.77. The van der Waals surface area contributed by atoms with Gasteiger partial charge in [0.2, 0.25) is 0 Å². The van der Waals surface area contributed by atoms with Crippen LogP contribution in [0.5, 0.6) is 5.75 Å². The standard InChI is InChI=1S/C26H29ClN6O5/c1-15(2)20-7-5-18(25(35)28-20)26(36)32-12-21-23(13-32)38-14-17-11-33(31-30-17)8-3-9-37-22-10-16(24(34)29-21)4-6-19(22)27/h4-7,10-11,15,21,23H,3,8-9,12-14H2,1-2H3,(H,28,35)(H,29,34)/t21-,23-/m0/s1. The second kappa shape index (κ2) is 11.0. The topological polar surface area (TPSA) is 131 Å². The van der Waals surface area contributed by atoms with Gasteiger partial charge in [-0.05, 0) is 36.2 Å². The Hall–Kier alpha value is -3.70. The summed E-state index contributed by atoms with van der Waals surface area (Å²) in [5, 5.41) is 11.7. The molecule has 1 aromatic carbocycles. The number of aryl methyl sites for hydroxylation is 1. The molecule has 38 heavy (non-hydrogen) atoms. The summed E-state index contributed by atoms with van der Waals surface area (Å²) in [6, 6.07) is 7.60. The molecule has 2 aliphatic heterocycles. The van der Waals surface area contributed by atoms with Crippen molar-refractivity contribution < 1.29 is 19.1 Å². The van der Waals surface area contributed by atoms with Crippen LogP contribution in [0.15, 0.2) is 41.3 Å².